The zero-order chi connectivity index (χ0) is 14.7. The van der Waals surface area contributed by atoms with Gasteiger partial charge >= 0.3 is 6.03 Å². The lowest BCUT2D eigenvalue weighted by Crippen LogP contribution is -2.55. The molecule has 0 aromatic carbocycles. The molecule has 2 N–H and O–H groups in total. The molecule has 19 heavy (non-hydrogen) atoms. The fourth-order valence-corrected chi connectivity index (χ4v) is 2.61. The Morgan fingerprint density at radius 2 is 1.95 bits per heavy atom. The molecule has 1 heterocycles. The smallest absolute Gasteiger partial charge is 0.324 e. The molecule has 0 unspecified atom stereocenters. The van der Waals surface area contributed by atoms with Crippen molar-refractivity contribution < 1.29 is 9.59 Å². The van der Waals surface area contributed by atoms with Gasteiger partial charge in [-0.2, -0.15) is 0 Å². The van der Waals surface area contributed by atoms with Crippen LogP contribution in [0.15, 0.2) is 0 Å². The Bertz CT molecular complexity index is 351. The van der Waals surface area contributed by atoms with Crippen LogP contribution in [0.3, 0.4) is 0 Å². The number of hydrogen-bond acceptors (Lipinski definition) is 3. The summed E-state index contributed by atoms with van der Waals surface area (Å²) in [7, 11) is 0. The SMILES string of the molecule is CCCCNC(=O)N1CC(C)(C)NC(C)(C)CC1=O. The highest BCUT2D eigenvalue weighted by Crippen LogP contribution is 2.22. The second kappa shape index (κ2) is 5.90. The number of urea groups is 1. The van der Waals surface area contributed by atoms with E-state index in [9.17, 15) is 9.59 Å². The van der Waals surface area contributed by atoms with E-state index >= 15 is 0 Å². The Balaban J connectivity index is 2.76. The van der Waals surface area contributed by atoms with Crippen LogP contribution in [0.1, 0.15) is 53.9 Å². The largest absolute Gasteiger partial charge is 0.338 e. The van der Waals surface area contributed by atoms with Gasteiger partial charge in [0.2, 0.25) is 5.91 Å². The monoisotopic (exact) mass is 269 g/mol. The van der Waals surface area contributed by atoms with Crippen LogP contribution in [0.25, 0.3) is 0 Å². The van der Waals surface area contributed by atoms with E-state index in [1.54, 1.807) is 0 Å². The van der Waals surface area contributed by atoms with E-state index in [2.05, 4.69) is 17.6 Å². The Labute approximate surface area is 116 Å². The maximum absolute atomic E-state index is 12.2. The first-order valence-electron chi connectivity index (χ1n) is 7.04. The number of carbonyl (C=O) groups excluding carboxylic acids is 2. The van der Waals surface area contributed by atoms with E-state index in [1.807, 2.05) is 27.7 Å². The summed E-state index contributed by atoms with van der Waals surface area (Å²) < 4.78 is 0. The molecule has 5 nitrogen and oxygen atoms in total. The minimum absolute atomic E-state index is 0.114. The normalized spacial score (nSPS) is 21.9. The van der Waals surface area contributed by atoms with Gasteiger partial charge in [0, 0.05) is 30.6 Å². The number of carbonyl (C=O) groups is 2. The number of amides is 3. The Kier molecular flexibility index (Phi) is 4.96. The van der Waals surface area contributed by atoms with Gasteiger partial charge in [-0.15, -0.1) is 0 Å². The van der Waals surface area contributed by atoms with Gasteiger partial charge in [0.1, 0.15) is 0 Å². The van der Waals surface area contributed by atoms with Gasteiger partial charge in [-0.1, -0.05) is 13.3 Å². The molecule has 1 aliphatic heterocycles. The highest BCUT2D eigenvalue weighted by Gasteiger charge is 2.39. The van der Waals surface area contributed by atoms with Crippen molar-refractivity contribution in [3.05, 3.63) is 0 Å². The molecule has 0 aromatic heterocycles. The molecule has 3 amide bonds. The van der Waals surface area contributed by atoms with Crippen molar-refractivity contribution in [1.82, 2.24) is 15.5 Å². The topological polar surface area (TPSA) is 61.4 Å². The molecule has 1 rings (SSSR count). The van der Waals surface area contributed by atoms with Crippen LogP contribution in [0, 0.1) is 0 Å². The maximum atomic E-state index is 12.2. The minimum atomic E-state index is -0.293. The maximum Gasteiger partial charge on any atom is 0.324 e. The van der Waals surface area contributed by atoms with Gasteiger partial charge in [0.25, 0.3) is 0 Å². The summed E-state index contributed by atoms with van der Waals surface area (Å²) in [6, 6.07) is -0.272. The number of unbranched alkanes of at least 4 members (excludes halogenated alkanes) is 1. The number of nitrogens with zero attached hydrogens (tertiary/aromatic N) is 1. The fourth-order valence-electron chi connectivity index (χ4n) is 2.61. The third-order valence-corrected chi connectivity index (χ3v) is 3.18. The molecule has 5 heteroatoms. The molecular formula is C14H27N3O2. The third-order valence-electron chi connectivity index (χ3n) is 3.18. The fraction of sp³-hybridized carbons (Fsp3) is 0.857. The standard InChI is InChI=1S/C14H27N3O2/c1-6-7-8-15-12(19)17-10-14(4,5)16-13(2,3)9-11(17)18/h16H,6-10H2,1-5H3,(H,15,19). The van der Waals surface area contributed by atoms with Crippen LogP contribution in [0.5, 0.6) is 0 Å². The van der Waals surface area contributed by atoms with Crippen LogP contribution < -0.4 is 10.6 Å². The van der Waals surface area contributed by atoms with Crippen LogP contribution >= 0.6 is 0 Å². The van der Waals surface area contributed by atoms with Crippen LogP contribution in [-0.2, 0) is 4.79 Å². The minimum Gasteiger partial charge on any atom is -0.338 e. The molecule has 0 saturated carbocycles. The van der Waals surface area contributed by atoms with Gasteiger partial charge in [0.05, 0.1) is 0 Å². The van der Waals surface area contributed by atoms with Crippen molar-refractivity contribution in [2.75, 3.05) is 13.1 Å². The van der Waals surface area contributed by atoms with Crippen LogP contribution in [-0.4, -0.2) is 41.0 Å². The summed E-state index contributed by atoms with van der Waals surface area (Å²) in [5.74, 6) is -0.114. The lowest BCUT2D eigenvalue weighted by Gasteiger charge is -2.34. The second-order valence-electron chi connectivity index (χ2n) is 6.63. The molecule has 0 aromatic rings. The van der Waals surface area contributed by atoms with E-state index < -0.39 is 0 Å². The first kappa shape index (κ1) is 16.0. The number of imide groups is 1. The lowest BCUT2D eigenvalue weighted by atomic mass is 9.96. The van der Waals surface area contributed by atoms with E-state index in [0.717, 1.165) is 12.8 Å². The summed E-state index contributed by atoms with van der Waals surface area (Å²) in [6.07, 6.45) is 2.28. The molecular weight excluding hydrogens is 242 g/mol. The van der Waals surface area contributed by atoms with Crippen molar-refractivity contribution in [3.8, 4) is 0 Å². The third kappa shape index (κ3) is 4.82. The molecule has 0 aliphatic carbocycles. The predicted molar refractivity (Wildman–Crippen MR) is 75.9 cm³/mol. The van der Waals surface area contributed by atoms with Crippen molar-refractivity contribution in [2.45, 2.75) is 65.0 Å². The van der Waals surface area contributed by atoms with Gasteiger partial charge in [0.15, 0.2) is 0 Å². The Hall–Kier alpha value is -1.10. The first-order chi connectivity index (χ1) is 8.67. The van der Waals surface area contributed by atoms with Crippen molar-refractivity contribution >= 4 is 11.9 Å². The first-order valence-corrected chi connectivity index (χ1v) is 7.04. The molecule has 1 aliphatic rings. The zero-order valence-corrected chi connectivity index (χ0v) is 12.8. The van der Waals surface area contributed by atoms with Gasteiger partial charge < -0.3 is 10.6 Å². The average molecular weight is 269 g/mol. The Morgan fingerprint density at radius 3 is 2.53 bits per heavy atom. The van der Waals surface area contributed by atoms with E-state index in [1.165, 1.54) is 4.90 Å². The Morgan fingerprint density at radius 1 is 1.32 bits per heavy atom. The summed E-state index contributed by atoms with van der Waals surface area (Å²) in [5, 5.41) is 6.25. The van der Waals surface area contributed by atoms with Crippen molar-refractivity contribution in [3.63, 3.8) is 0 Å². The van der Waals surface area contributed by atoms with Gasteiger partial charge in [-0.05, 0) is 34.1 Å². The second-order valence-corrected chi connectivity index (χ2v) is 6.63. The summed E-state index contributed by atoms with van der Waals surface area (Å²) in [4.78, 5) is 25.7. The predicted octanol–water partition coefficient (Wildman–Crippen LogP) is 1.88. The van der Waals surface area contributed by atoms with Gasteiger partial charge in [-0.3, -0.25) is 9.69 Å². The molecule has 1 saturated heterocycles. The molecule has 0 atom stereocenters. The molecule has 0 spiro atoms. The molecule has 0 radical (unpaired) electrons. The van der Waals surface area contributed by atoms with E-state index in [0.29, 0.717) is 19.5 Å². The molecule has 1 fully saturated rings. The lowest BCUT2D eigenvalue weighted by molar-refractivity contribution is -0.128. The quantitative estimate of drug-likeness (QED) is 0.769. The number of hydrogen-bond donors (Lipinski definition) is 2. The molecule has 0 bridgehead atoms. The number of nitrogens with one attached hydrogen (secondary N) is 2. The van der Waals surface area contributed by atoms with Crippen molar-refractivity contribution in [1.29, 1.82) is 0 Å². The number of rotatable bonds is 3. The zero-order valence-electron chi connectivity index (χ0n) is 12.8. The highest BCUT2D eigenvalue weighted by molar-refractivity contribution is 5.95. The van der Waals surface area contributed by atoms with E-state index in [4.69, 9.17) is 0 Å². The summed E-state index contributed by atoms with van der Waals surface area (Å²) in [5.41, 5.74) is -0.573. The van der Waals surface area contributed by atoms with Crippen molar-refractivity contribution in [2.24, 2.45) is 0 Å². The van der Waals surface area contributed by atoms with E-state index in [-0.39, 0.29) is 23.0 Å². The average Bonchev–Trinajstić information content (AvgIpc) is 2.31. The summed E-state index contributed by atoms with van der Waals surface area (Å²) >= 11 is 0. The van der Waals surface area contributed by atoms with Crippen LogP contribution in [0.2, 0.25) is 0 Å². The highest BCUT2D eigenvalue weighted by atomic mass is 16.2. The van der Waals surface area contributed by atoms with Gasteiger partial charge in [-0.25, -0.2) is 4.79 Å². The molecule has 110 valence electrons. The van der Waals surface area contributed by atoms with Crippen LogP contribution in [0.4, 0.5) is 4.79 Å². The summed E-state index contributed by atoms with van der Waals surface area (Å²) in [6.45, 7) is 11.1.